The topological polar surface area (TPSA) is 3.24 Å². The van der Waals surface area contributed by atoms with Crippen LogP contribution in [0.3, 0.4) is 0 Å². The van der Waals surface area contributed by atoms with E-state index in [4.69, 9.17) is 0 Å². The average Bonchev–Trinajstić information content (AvgIpc) is 3.44. The Bertz CT molecular complexity index is 3680. The first kappa shape index (κ1) is 41.4. The molecule has 0 aliphatic rings. The van der Waals surface area contributed by atoms with Crippen LogP contribution in [0.15, 0.2) is 285 Å². The highest BCUT2D eigenvalue weighted by atomic mass is 15.1. The zero-order valence-corrected chi connectivity index (χ0v) is 38.1. The van der Waals surface area contributed by atoms with Crippen molar-refractivity contribution in [2.75, 3.05) is 4.90 Å². The summed E-state index contributed by atoms with van der Waals surface area (Å²) in [5.41, 5.74) is 19.7. The predicted octanol–water partition coefficient (Wildman–Crippen LogP) is 19.1. The Labute approximate surface area is 404 Å². The van der Waals surface area contributed by atoms with Crippen LogP contribution in [0.5, 0.6) is 0 Å². The van der Waals surface area contributed by atoms with Crippen molar-refractivity contribution in [3.8, 4) is 77.9 Å². The van der Waals surface area contributed by atoms with E-state index in [-0.39, 0.29) is 0 Å². The van der Waals surface area contributed by atoms with E-state index >= 15 is 0 Å². The Kier molecular flexibility index (Phi) is 11.0. The normalized spacial score (nSPS) is 11.2. The van der Waals surface area contributed by atoms with Crippen LogP contribution < -0.4 is 4.90 Å². The summed E-state index contributed by atoms with van der Waals surface area (Å²) in [5.74, 6) is 0. The zero-order valence-electron chi connectivity index (χ0n) is 38.1. The highest BCUT2D eigenvalue weighted by molar-refractivity contribution is 6.22. The molecule has 0 spiro atoms. The molecule has 0 heterocycles. The minimum Gasteiger partial charge on any atom is -0.310 e. The summed E-state index contributed by atoms with van der Waals surface area (Å²) in [4.78, 5) is 2.48. The lowest BCUT2D eigenvalue weighted by atomic mass is 9.84. The molecule has 1 heteroatoms. The average molecular weight is 878 g/mol. The lowest BCUT2D eigenvalue weighted by Crippen LogP contribution is -2.12. The number of nitrogens with zero attached hydrogens (tertiary/aromatic N) is 1. The number of hydrogen-bond donors (Lipinski definition) is 0. The first-order valence-corrected chi connectivity index (χ1v) is 23.7. The fraction of sp³-hybridized carbons (Fsp3) is 0. The summed E-state index contributed by atoms with van der Waals surface area (Å²) in [5, 5.41) is 4.93. The standard InChI is InChI=1S/C68H47N/c1-7-23-48(24-8-1)55-43-56(49-25-9-2-10-26-49)45-58(44-55)69(57-40-42-59(50-27-11-3-12-28-50)64(47-57)51-29-13-4-14-30-51)66-38-22-21-35-60(66)54-39-41-62-61-36-19-20-37-63(61)67(52-31-15-5-16-32-52)68(65(62)46-54)53-33-17-6-18-34-53/h1-47H. The first-order valence-electron chi connectivity index (χ1n) is 23.7. The molecule has 0 fully saturated rings. The van der Waals surface area contributed by atoms with Crippen molar-refractivity contribution in [1.29, 1.82) is 0 Å². The second-order valence-electron chi connectivity index (χ2n) is 17.6. The Balaban J connectivity index is 1.15. The van der Waals surface area contributed by atoms with Gasteiger partial charge in [-0.3, -0.25) is 0 Å². The SMILES string of the molecule is c1ccc(-c2cc(-c3ccccc3)cc(N(c3ccc(-c4ccccc4)c(-c4ccccc4)c3)c3ccccc3-c3ccc4c(c3)c(-c3ccccc3)c(-c3ccccc3)c3ccccc34)c2)cc1. The van der Waals surface area contributed by atoms with Crippen LogP contribution in [-0.4, -0.2) is 0 Å². The van der Waals surface area contributed by atoms with E-state index in [2.05, 4.69) is 290 Å². The molecule has 0 saturated carbocycles. The van der Waals surface area contributed by atoms with Crippen LogP contribution >= 0.6 is 0 Å². The van der Waals surface area contributed by atoms with Gasteiger partial charge in [-0.15, -0.1) is 0 Å². The van der Waals surface area contributed by atoms with Gasteiger partial charge in [0.1, 0.15) is 0 Å². The van der Waals surface area contributed by atoms with E-state index in [1.165, 1.54) is 77.2 Å². The molecule has 1 nitrogen and oxygen atoms in total. The maximum atomic E-state index is 2.48. The van der Waals surface area contributed by atoms with Gasteiger partial charge < -0.3 is 4.90 Å². The molecule has 0 aliphatic carbocycles. The third-order valence-electron chi connectivity index (χ3n) is 13.4. The maximum absolute atomic E-state index is 2.48. The quantitative estimate of drug-likeness (QED) is 0.124. The first-order chi connectivity index (χ1) is 34.2. The van der Waals surface area contributed by atoms with E-state index in [1.54, 1.807) is 0 Å². The second kappa shape index (κ2) is 18.3. The number of rotatable bonds is 10. The molecule has 0 unspecified atom stereocenters. The van der Waals surface area contributed by atoms with Crippen LogP contribution in [0, 0.1) is 0 Å². The molecule has 0 amide bonds. The van der Waals surface area contributed by atoms with Gasteiger partial charge >= 0.3 is 0 Å². The number of para-hydroxylation sites is 1. The van der Waals surface area contributed by atoms with E-state index in [0.29, 0.717) is 0 Å². The van der Waals surface area contributed by atoms with Crippen molar-refractivity contribution < 1.29 is 0 Å². The maximum Gasteiger partial charge on any atom is 0.0540 e. The van der Waals surface area contributed by atoms with Crippen molar-refractivity contribution in [3.63, 3.8) is 0 Å². The van der Waals surface area contributed by atoms with Gasteiger partial charge in [-0.2, -0.15) is 0 Å². The van der Waals surface area contributed by atoms with Crippen LogP contribution in [-0.2, 0) is 0 Å². The third-order valence-corrected chi connectivity index (χ3v) is 13.4. The molecule has 12 aromatic rings. The number of fused-ring (bicyclic) bond motifs is 3. The summed E-state index contributed by atoms with van der Waals surface area (Å²) in [6.07, 6.45) is 0. The van der Waals surface area contributed by atoms with Gasteiger partial charge in [0.05, 0.1) is 5.69 Å². The summed E-state index contributed by atoms with van der Waals surface area (Å²) < 4.78 is 0. The van der Waals surface area contributed by atoms with Gasteiger partial charge in [0, 0.05) is 16.9 Å². The monoisotopic (exact) mass is 877 g/mol. The predicted molar refractivity (Wildman–Crippen MR) is 294 cm³/mol. The molecule has 0 bridgehead atoms. The molecule has 0 N–H and O–H groups in total. The smallest absolute Gasteiger partial charge is 0.0540 e. The van der Waals surface area contributed by atoms with Gasteiger partial charge in [-0.05, 0) is 136 Å². The molecule has 0 saturated heterocycles. The van der Waals surface area contributed by atoms with Gasteiger partial charge in [-0.1, -0.05) is 243 Å². The van der Waals surface area contributed by atoms with Crippen molar-refractivity contribution >= 4 is 38.6 Å². The molecule has 12 aromatic carbocycles. The zero-order chi connectivity index (χ0) is 45.9. The number of anilines is 3. The van der Waals surface area contributed by atoms with E-state index < -0.39 is 0 Å². The van der Waals surface area contributed by atoms with Gasteiger partial charge in [0.25, 0.3) is 0 Å². The molecular weight excluding hydrogens is 831 g/mol. The van der Waals surface area contributed by atoms with E-state index in [9.17, 15) is 0 Å². The van der Waals surface area contributed by atoms with Crippen LogP contribution in [0.25, 0.3) is 99.4 Å². The lowest BCUT2D eigenvalue weighted by Gasteiger charge is -2.30. The molecule has 0 radical (unpaired) electrons. The summed E-state index contributed by atoms with van der Waals surface area (Å²) in [6, 6.07) is 104. The molecule has 12 rings (SSSR count). The van der Waals surface area contributed by atoms with Crippen LogP contribution in [0.1, 0.15) is 0 Å². The molecule has 0 aliphatic heterocycles. The minimum atomic E-state index is 1.06. The fourth-order valence-corrected chi connectivity index (χ4v) is 10.2. The Morgan fingerprint density at radius 2 is 0.623 bits per heavy atom. The van der Waals surface area contributed by atoms with Crippen LogP contribution in [0.2, 0.25) is 0 Å². The van der Waals surface area contributed by atoms with Gasteiger partial charge in [0.2, 0.25) is 0 Å². The van der Waals surface area contributed by atoms with Crippen molar-refractivity contribution in [2.24, 2.45) is 0 Å². The summed E-state index contributed by atoms with van der Waals surface area (Å²) in [7, 11) is 0. The Morgan fingerprint density at radius 1 is 0.188 bits per heavy atom. The van der Waals surface area contributed by atoms with Crippen LogP contribution in [0.4, 0.5) is 17.1 Å². The molecule has 69 heavy (non-hydrogen) atoms. The summed E-state index contributed by atoms with van der Waals surface area (Å²) in [6.45, 7) is 0. The van der Waals surface area contributed by atoms with Crippen molar-refractivity contribution in [3.05, 3.63) is 285 Å². The van der Waals surface area contributed by atoms with Crippen molar-refractivity contribution in [2.45, 2.75) is 0 Å². The largest absolute Gasteiger partial charge is 0.310 e. The van der Waals surface area contributed by atoms with Gasteiger partial charge in [0.15, 0.2) is 0 Å². The van der Waals surface area contributed by atoms with Crippen molar-refractivity contribution in [1.82, 2.24) is 0 Å². The molecule has 0 aromatic heterocycles. The second-order valence-corrected chi connectivity index (χ2v) is 17.6. The minimum absolute atomic E-state index is 1.06. The van der Waals surface area contributed by atoms with E-state index in [1.807, 2.05) is 0 Å². The number of hydrogen-bond acceptors (Lipinski definition) is 1. The molecule has 0 atom stereocenters. The highest BCUT2D eigenvalue weighted by Gasteiger charge is 2.23. The number of benzene rings is 12. The fourth-order valence-electron chi connectivity index (χ4n) is 10.2. The summed E-state index contributed by atoms with van der Waals surface area (Å²) >= 11 is 0. The Hall–Kier alpha value is -9.04. The van der Waals surface area contributed by atoms with Gasteiger partial charge in [-0.25, -0.2) is 0 Å². The Morgan fingerprint density at radius 3 is 1.19 bits per heavy atom. The highest BCUT2D eigenvalue weighted by Crippen LogP contribution is 2.49. The third kappa shape index (κ3) is 7.97. The van der Waals surface area contributed by atoms with E-state index in [0.717, 1.165) is 39.3 Å². The molecule has 324 valence electrons. The lowest BCUT2D eigenvalue weighted by molar-refractivity contribution is 1.28. The molecular formula is C68H47N.